The Balaban J connectivity index is 2.12. The van der Waals surface area contributed by atoms with Crippen molar-refractivity contribution in [1.29, 1.82) is 0 Å². The molecule has 0 unspecified atom stereocenters. The average Bonchev–Trinajstić information content (AvgIpc) is 2.81. The van der Waals surface area contributed by atoms with Crippen LogP contribution >= 0.6 is 0 Å². The number of aromatic nitrogens is 1. The van der Waals surface area contributed by atoms with Gasteiger partial charge in [-0.2, -0.15) is 0 Å². The van der Waals surface area contributed by atoms with Crippen LogP contribution in [0.1, 0.15) is 31.5 Å². The summed E-state index contributed by atoms with van der Waals surface area (Å²) in [5.41, 5.74) is 4.66. The van der Waals surface area contributed by atoms with Crippen LogP contribution in [0.5, 0.6) is 0 Å². The van der Waals surface area contributed by atoms with Crippen molar-refractivity contribution in [2.75, 3.05) is 19.6 Å². The summed E-state index contributed by atoms with van der Waals surface area (Å²) in [7, 11) is 0. The van der Waals surface area contributed by atoms with E-state index in [1.54, 1.807) is 0 Å². The van der Waals surface area contributed by atoms with Crippen LogP contribution in [-0.4, -0.2) is 34.9 Å². The number of aryl methyl sites for hydroxylation is 1. The number of ketones is 1. The maximum Gasteiger partial charge on any atom is 0.161 e. The molecule has 1 aliphatic heterocycles. The lowest BCUT2D eigenvalue weighted by Crippen LogP contribution is -2.35. The molecule has 0 N–H and O–H groups in total. The molecule has 0 amide bonds. The van der Waals surface area contributed by atoms with E-state index in [1.807, 2.05) is 0 Å². The molecule has 1 aliphatic rings. The van der Waals surface area contributed by atoms with Gasteiger partial charge in [-0.25, -0.2) is 0 Å². The molecule has 0 bridgehead atoms. The van der Waals surface area contributed by atoms with Crippen molar-refractivity contribution in [2.45, 2.75) is 33.7 Å². The molecule has 0 saturated carbocycles. The number of carbonyl (C=O) groups excluding carboxylic acids is 1. The largest absolute Gasteiger partial charge is 0.345 e. The summed E-state index contributed by atoms with van der Waals surface area (Å²) in [6.07, 6.45) is 2.78. The predicted molar refractivity (Wildman–Crippen MR) is 92.1 cm³/mol. The van der Waals surface area contributed by atoms with Gasteiger partial charge in [0.15, 0.2) is 5.78 Å². The molecule has 3 heteroatoms. The van der Waals surface area contributed by atoms with Gasteiger partial charge in [0.1, 0.15) is 0 Å². The number of hydrogen-bond acceptors (Lipinski definition) is 2. The smallest absolute Gasteiger partial charge is 0.161 e. The van der Waals surface area contributed by atoms with Crippen molar-refractivity contribution in [3.63, 3.8) is 0 Å². The lowest BCUT2D eigenvalue weighted by molar-refractivity contribution is -0.117. The van der Waals surface area contributed by atoms with Crippen LogP contribution in [0.2, 0.25) is 0 Å². The minimum atomic E-state index is 0.303. The van der Waals surface area contributed by atoms with Gasteiger partial charge in [-0.15, -0.1) is 0 Å². The number of benzene rings is 1. The average molecular weight is 296 g/mol. The number of fused-ring (bicyclic) bond motifs is 1. The van der Waals surface area contributed by atoms with Gasteiger partial charge in [0.25, 0.3) is 0 Å². The van der Waals surface area contributed by atoms with Gasteiger partial charge in [0.2, 0.25) is 0 Å². The Bertz CT molecular complexity index is 739. The number of likely N-dealkylation sites (N-methyl/N-ethyl adjacent to an activating group) is 1. The molecule has 116 valence electrons. The number of hydrogen-bond donors (Lipinski definition) is 0. The fourth-order valence-corrected chi connectivity index (χ4v) is 3.45. The van der Waals surface area contributed by atoms with E-state index in [0.29, 0.717) is 12.2 Å². The highest BCUT2D eigenvalue weighted by Gasteiger charge is 2.21. The van der Waals surface area contributed by atoms with E-state index in [1.165, 1.54) is 22.2 Å². The highest BCUT2D eigenvalue weighted by molar-refractivity contribution is 6.03. The Kier molecular flexibility index (Phi) is 4.16. The van der Waals surface area contributed by atoms with E-state index in [2.05, 4.69) is 60.6 Å². The minimum absolute atomic E-state index is 0.303. The molecule has 1 fully saturated rings. The topological polar surface area (TPSA) is 25.2 Å². The summed E-state index contributed by atoms with van der Waals surface area (Å²) in [6, 6.07) is 8.47. The monoisotopic (exact) mass is 296 g/mol. The summed E-state index contributed by atoms with van der Waals surface area (Å²) in [5, 5.41) is 1.25. The standard InChI is InChI=1S/C19H24N2O/c1-4-20-11-10-19(22)15(13-20)12-17-14(3)21(5-2)18-9-7-6-8-16(17)18/h6-9,12H,4-5,10-11,13H2,1-3H3/b15-12+. The predicted octanol–water partition coefficient (Wildman–Crippen LogP) is 3.65. The van der Waals surface area contributed by atoms with E-state index in [9.17, 15) is 4.79 Å². The molecule has 3 nitrogen and oxygen atoms in total. The molecule has 2 heterocycles. The Morgan fingerprint density at radius 3 is 2.68 bits per heavy atom. The minimum Gasteiger partial charge on any atom is -0.345 e. The van der Waals surface area contributed by atoms with Gasteiger partial charge in [0.05, 0.1) is 0 Å². The van der Waals surface area contributed by atoms with Crippen LogP contribution in [-0.2, 0) is 11.3 Å². The molecule has 1 aromatic heterocycles. The van der Waals surface area contributed by atoms with Gasteiger partial charge in [-0.05, 0) is 32.5 Å². The van der Waals surface area contributed by atoms with Gasteiger partial charge in [-0.1, -0.05) is 25.1 Å². The number of carbonyl (C=O) groups is 1. The Labute approximate surface area is 132 Å². The molecular formula is C19H24N2O. The summed E-state index contributed by atoms with van der Waals surface area (Å²) >= 11 is 0. The third-order valence-corrected chi connectivity index (χ3v) is 4.77. The van der Waals surface area contributed by atoms with Gasteiger partial charge >= 0.3 is 0 Å². The first-order valence-electron chi connectivity index (χ1n) is 8.19. The van der Waals surface area contributed by atoms with Crippen molar-refractivity contribution in [2.24, 2.45) is 0 Å². The highest BCUT2D eigenvalue weighted by atomic mass is 16.1. The summed E-state index contributed by atoms with van der Waals surface area (Å²) in [4.78, 5) is 14.6. The van der Waals surface area contributed by atoms with E-state index in [4.69, 9.17) is 0 Å². The van der Waals surface area contributed by atoms with Crippen molar-refractivity contribution in [1.82, 2.24) is 9.47 Å². The first-order chi connectivity index (χ1) is 10.7. The number of rotatable bonds is 3. The summed E-state index contributed by atoms with van der Waals surface area (Å²) in [5.74, 6) is 0.303. The van der Waals surface area contributed by atoms with E-state index < -0.39 is 0 Å². The maximum absolute atomic E-state index is 12.3. The number of piperidine rings is 1. The number of likely N-dealkylation sites (tertiary alicyclic amines) is 1. The molecular weight excluding hydrogens is 272 g/mol. The maximum atomic E-state index is 12.3. The van der Waals surface area contributed by atoms with Crippen molar-refractivity contribution < 1.29 is 4.79 Å². The fourth-order valence-electron chi connectivity index (χ4n) is 3.45. The van der Waals surface area contributed by atoms with Crippen LogP contribution < -0.4 is 0 Å². The van der Waals surface area contributed by atoms with E-state index in [-0.39, 0.29) is 0 Å². The quantitative estimate of drug-likeness (QED) is 0.808. The van der Waals surface area contributed by atoms with E-state index in [0.717, 1.165) is 31.8 Å². The molecule has 0 atom stereocenters. The fraction of sp³-hybridized carbons (Fsp3) is 0.421. The van der Waals surface area contributed by atoms with Crippen LogP contribution in [0.4, 0.5) is 0 Å². The normalized spacial score (nSPS) is 18.5. The summed E-state index contributed by atoms with van der Waals surface area (Å²) < 4.78 is 2.33. The van der Waals surface area contributed by atoms with E-state index >= 15 is 0 Å². The lowest BCUT2D eigenvalue weighted by atomic mass is 9.99. The molecule has 22 heavy (non-hydrogen) atoms. The molecule has 1 saturated heterocycles. The second kappa shape index (κ2) is 6.09. The van der Waals surface area contributed by atoms with Gasteiger partial charge in [0, 0.05) is 53.8 Å². The number of nitrogens with zero attached hydrogens (tertiary/aromatic N) is 2. The Morgan fingerprint density at radius 1 is 1.18 bits per heavy atom. The molecule has 3 rings (SSSR count). The van der Waals surface area contributed by atoms with Crippen molar-refractivity contribution in [3.8, 4) is 0 Å². The van der Waals surface area contributed by atoms with Gasteiger partial charge in [-0.3, -0.25) is 9.69 Å². The zero-order valence-corrected chi connectivity index (χ0v) is 13.7. The molecule has 0 spiro atoms. The van der Waals surface area contributed by atoms with Crippen LogP contribution in [0.15, 0.2) is 29.8 Å². The molecule has 0 aliphatic carbocycles. The Hall–Kier alpha value is -1.87. The van der Waals surface area contributed by atoms with Gasteiger partial charge < -0.3 is 4.57 Å². The third-order valence-electron chi connectivity index (χ3n) is 4.77. The van der Waals surface area contributed by atoms with Crippen LogP contribution in [0, 0.1) is 6.92 Å². The molecule has 2 aromatic rings. The zero-order chi connectivity index (χ0) is 15.7. The molecule has 0 radical (unpaired) electrons. The number of para-hydroxylation sites is 1. The number of Topliss-reactive ketones (excluding diaryl/α,β-unsaturated/α-hetero) is 1. The highest BCUT2D eigenvalue weighted by Crippen LogP contribution is 2.28. The Morgan fingerprint density at radius 2 is 1.95 bits per heavy atom. The zero-order valence-electron chi connectivity index (χ0n) is 13.7. The third kappa shape index (κ3) is 2.50. The summed E-state index contributed by atoms with van der Waals surface area (Å²) in [6.45, 7) is 10.1. The first kappa shape index (κ1) is 15.0. The van der Waals surface area contributed by atoms with Crippen LogP contribution in [0.3, 0.4) is 0 Å². The van der Waals surface area contributed by atoms with Crippen LogP contribution in [0.25, 0.3) is 17.0 Å². The first-order valence-corrected chi connectivity index (χ1v) is 8.19. The molecule has 1 aromatic carbocycles. The van der Waals surface area contributed by atoms with Crippen molar-refractivity contribution >= 4 is 22.8 Å². The lowest BCUT2D eigenvalue weighted by Gasteiger charge is -2.26. The second-order valence-corrected chi connectivity index (χ2v) is 5.97. The van der Waals surface area contributed by atoms with Crippen molar-refractivity contribution in [3.05, 3.63) is 41.1 Å². The second-order valence-electron chi connectivity index (χ2n) is 5.97. The SMILES string of the molecule is CCN1CCC(=O)/C(=C/c2c(C)n(CC)c3ccccc23)C1.